The third-order valence-corrected chi connectivity index (χ3v) is 15.9. The second-order valence-corrected chi connectivity index (χ2v) is 23.7. The first-order valence-corrected chi connectivity index (χ1v) is 32.7. The predicted octanol–water partition coefficient (Wildman–Crippen LogP) is -3.85. The zero-order valence-corrected chi connectivity index (χ0v) is 56.0. The van der Waals surface area contributed by atoms with Crippen molar-refractivity contribution in [2.75, 3.05) is 124 Å². The maximum Gasteiger partial charge on any atom is 0.344 e. The van der Waals surface area contributed by atoms with Crippen molar-refractivity contribution in [2.24, 2.45) is 16.5 Å². The highest BCUT2D eigenvalue weighted by Crippen LogP contribution is 2.33. The standard InChI is InChI=1S/C64H91F2N17O18/c1-2-52(87)70-18-19-73-64(100)78-63(68)72-15-5-9-48(59(96)74-32-45-46(65)29-43(85)30-47(45)66)76-62(99)58(83-33-41-7-3-4-8-42(41)34-83)40-10-12-44(13-11-40)101-28-6-16-71-60(97)49(31-51(67)86)77-61(98)50(39-84)75-53(88)14-17-69-54(89)35-79-20-22-80(36-55(90)91)24-26-82(38-57(94)95)27-25-81(23-21-79)37-56(92)93/h3-4,7-8,10-13,29-30,48-50,58,84-85H,2,5-6,9,14-28,31-39H2,1H3,(H2,67,86)(H,69,89)(H,70,87)(H,71,97)(H,74,96)(H,75,88)(H,76,99)(H,77,98)(H,90,91)(H,92,93)(H,94,95)(H4,68,72,73,78,100)/t48-,49-,50-,58+/m1/s1. The Kier molecular flexibility index (Phi) is 34.4. The molecule has 1 saturated heterocycles. The Morgan fingerprint density at radius 3 is 1.61 bits per heavy atom. The number of amides is 10. The molecule has 0 spiro atoms. The van der Waals surface area contributed by atoms with Crippen LogP contribution in [0.15, 0.2) is 65.7 Å². The van der Waals surface area contributed by atoms with Crippen molar-refractivity contribution >= 4 is 77.2 Å². The molecule has 3 aromatic rings. The fourth-order valence-electron chi connectivity index (χ4n) is 10.7. The first kappa shape index (κ1) is 81.5. The van der Waals surface area contributed by atoms with Crippen molar-refractivity contribution in [1.82, 2.24) is 72.4 Å². The summed E-state index contributed by atoms with van der Waals surface area (Å²) in [7, 11) is 0. The molecular formula is C64H91F2N17O18. The van der Waals surface area contributed by atoms with Gasteiger partial charge in [-0.1, -0.05) is 43.3 Å². The van der Waals surface area contributed by atoms with Gasteiger partial charge >= 0.3 is 23.9 Å². The van der Waals surface area contributed by atoms with Gasteiger partial charge in [-0.15, -0.1) is 0 Å². The molecule has 101 heavy (non-hydrogen) atoms. The molecule has 10 amide bonds. The van der Waals surface area contributed by atoms with Crippen molar-refractivity contribution in [3.8, 4) is 11.5 Å². The number of carboxylic acids is 3. The number of rotatable bonds is 38. The quantitative estimate of drug-likeness (QED) is 0.0148. The zero-order valence-electron chi connectivity index (χ0n) is 56.0. The monoisotopic (exact) mass is 1420 g/mol. The van der Waals surface area contributed by atoms with Gasteiger partial charge in [0.1, 0.15) is 47.3 Å². The Hall–Kier alpha value is -10.2. The van der Waals surface area contributed by atoms with Gasteiger partial charge in [0.25, 0.3) is 0 Å². The second kappa shape index (κ2) is 42.7. The van der Waals surface area contributed by atoms with E-state index in [2.05, 4.69) is 52.8 Å². The fourth-order valence-corrected chi connectivity index (χ4v) is 10.7. The van der Waals surface area contributed by atoms with E-state index < -0.39 is 132 Å². The van der Waals surface area contributed by atoms with Crippen LogP contribution in [0.3, 0.4) is 0 Å². The number of carbonyl (C=O) groups excluding carboxylic acids is 9. The van der Waals surface area contributed by atoms with Crippen LogP contribution in [0.1, 0.15) is 73.7 Å². The van der Waals surface area contributed by atoms with Crippen LogP contribution in [0.5, 0.6) is 11.5 Å². The van der Waals surface area contributed by atoms with Crippen LogP contribution in [0.2, 0.25) is 0 Å². The lowest BCUT2D eigenvalue weighted by molar-refractivity contribution is -0.140. The number of fused-ring (bicyclic) bond motifs is 1. The molecule has 3 aromatic carbocycles. The SMILES string of the molecule is CCC(=O)NCCNC(=O)/N=C(/N)NCCC[C@@H](NC(=O)[C@H](c1ccc(OCCCNC(=O)[C@@H](CC(N)=O)NC(=O)[C@@H](CO)NC(=O)CCNC(=O)CN2CCN(CC(=O)O)CCN(CC(=O)O)CCN(CC(=O)O)CC2)cc1)N1Cc2ccccc2C1)C(=O)NCc1c(F)cc(O)cc1F. The molecule has 1 fully saturated rings. The number of aromatic hydroxyl groups is 1. The molecule has 2 heterocycles. The summed E-state index contributed by atoms with van der Waals surface area (Å²) >= 11 is 0. The second-order valence-electron chi connectivity index (χ2n) is 23.7. The summed E-state index contributed by atoms with van der Waals surface area (Å²) in [5.41, 5.74) is 13.2. The van der Waals surface area contributed by atoms with E-state index in [1.807, 2.05) is 29.2 Å². The van der Waals surface area contributed by atoms with Crippen LogP contribution in [0.25, 0.3) is 0 Å². The van der Waals surface area contributed by atoms with Crippen molar-refractivity contribution < 1.29 is 96.6 Å². The van der Waals surface area contributed by atoms with Crippen molar-refractivity contribution in [3.05, 3.63) is 94.6 Å². The van der Waals surface area contributed by atoms with Crippen LogP contribution in [-0.2, 0) is 72.4 Å². The molecule has 2 aliphatic rings. The number of aliphatic hydroxyl groups excluding tert-OH is 1. The number of guanidine groups is 1. The Balaban J connectivity index is 1.14. The number of nitrogens with two attached hydrogens (primary N) is 2. The van der Waals surface area contributed by atoms with Crippen molar-refractivity contribution in [3.63, 3.8) is 0 Å². The number of aliphatic imine (C=N–C) groups is 1. The number of urea groups is 1. The maximum absolute atomic E-state index is 14.8. The van der Waals surface area contributed by atoms with Gasteiger partial charge in [0.15, 0.2) is 5.96 Å². The summed E-state index contributed by atoms with van der Waals surface area (Å²) in [6.45, 7) is 0.784. The molecule has 18 N–H and O–H groups in total. The molecule has 0 saturated carbocycles. The van der Waals surface area contributed by atoms with E-state index in [0.29, 0.717) is 36.5 Å². The van der Waals surface area contributed by atoms with Crippen LogP contribution >= 0.6 is 0 Å². The number of hydrogen-bond acceptors (Lipinski definition) is 20. The molecule has 2 aliphatic heterocycles. The number of primary amides is 1. The molecule has 0 aromatic heterocycles. The number of hydrogen-bond donors (Lipinski definition) is 16. The molecule has 554 valence electrons. The molecule has 35 nitrogen and oxygen atoms in total. The van der Waals surface area contributed by atoms with Gasteiger partial charge in [0, 0.05) is 135 Å². The molecule has 0 aliphatic carbocycles. The lowest BCUT2D eigenvalue weighted by Crippen LogP contribution is -2.56. The average Bonchev–Trinajstić information content (AvgIpc) is 1.63. The summed E-state index contributed by atoms with van der Waals surface area (Å²) in [6, 6.07) is 9.10. The number of aliphatic hydroxyl groups is 1. The Bertz CT molecular complexity index is 3290. The molecule has 4 atom stereocenters. The molecule has 5 rings (SSSR count). The normalized spacial score (nSPS) is 15.5. The first-order valence-electron chi connectivity index (χ1n) is 32.7. The van der Waals surface area contributed by atoms with Gasteiger partial charge in [-0.05, 0) is 48.1 Å². The maximum atomic E-state index is 14.8. The van der Waals surface area contributed by atoms with Crippen molar-refractivity contribution in [2.45, 2.75) is 89.3 Å². The summed E-state index contributed by atoms with van der Waals surface area (Å²) in [5.74, 6) is -12.0. The van der Waals surface area contributed by atoms with Crippen LogP contribution in [0, 0.1) is 11.6 Å². The topological polar surface area (TPSA) is 504 Å². The Labute approximate surface area is 580 Å². The van der Waals surface area contributed by atoms with Gasteiger partial charge in [-0.25, -0.2) is 13.6 Å². The molecule has 0 unspecified atom stereocenters. The van der Waals surface area contributed by atoms with E-state index in [4.69, 9.17) is 16.2 Å². The van der Waals surface area contributed by atoms with E-state index in [9.17, 15) is 91.8 Å². The van der Waals surface area contributed by atoms with E-state index >= 15 is 0 Å². The van der Waals surface area contributed by atoms with Gasteiger partial charge in [-0.3, -0.25) is 77.2 Å². The largest absolute Gasteiger partial charge is 0.508 e. The summed E-state index contributed by atoms with van der Waals surface area (Å²) < 4.78 is 35.5. The Morgan fingerprint density at radius 1 is 0.564 bits per heavy atom. The minimum atomic E-state index is -1.62. The van der Waals surface area contributed by atoms with Gasteiger partial charge in [0.2, 0.25) is 47.3 Å². The average molecular weight is 1420 g/mol. The predicted molar refractivity (Wildman–Crippen MR) is 356 cm³/mol. The smallest absolute Gasteiger partial charge is 0.344 e. The highest BCUT2D eigenvalue weighted by atomic mass is 19.1. The fraction of sp³-hybridized carbons (Fsp3) is 0.516. The van der Waals surface area contributed by atoms with Gasteiger partial charge < -0.3 is 89.6 Å². The lowest BCUT2D eigenvalue weighted by Gasteiger charge is -2.32. The van der Waals surface area contributed by atoms with Gasteiger partial charge in [0.05, 0.1) is 45.8 Å². The number of nitrogens with zero attached hydrogens (tertiary/aromatic N) is 6. The number of ether oxygens (including phenoxy) is 1. The molecule has 37 heteroatoms. The van der Waals surface area contributed by atoms with E-state index in [0.717, 1.165) is 11.1 Å². The first-order chi connectivity index (χ1) is 48.2. The van der Waals surface area contributed by atoms with Gasteiger partial charge in [-0.2, -0.15) is 4.99 Å². The number of halogens is 2. The zero-order chi connectivity index (χ0) is 74.0. The minimum absolute atomic E-state index is 0.0159. The summed E-state index contributed by atoms with van der Waals surface area (Å²) in [6.07, 6.45) is -0.539. The van der Waals surface area contributed by atoms with E-state index in [1.54, 1.807) is 50.8 Å². The number of phenols is 1. The van der Waals surface area contributed by atoms with Crippen LogP contribution in [0.4, 0.5) is 13.6 Å². The molecular weight excluding hydrogens is 1330 g/mol. The highest BCUT2D eigenvalue weighted by Gasteiger charge is 2.35. The highest BCUT2D eigenvalue weighted by molar-refractivity contribution is 5.95. The molecule has 0 radical (unpaired) electrons. The third-order valence-electron chi connectivity index (χ3n) is 15.9. The number of phenolic OH excluding ortho intramolecular Hbond substituents is 1. The number of benzene rings is 3. The summed E-state index contributed by atoms with van der Waals surface area (Å²) in [4.78, 5) is 164. The number of carbonyl (C=O) groups is 12. The summed E-state index contributed by atoms with van der Waals surface area (Å²) in [5, 5.41) is 71.2. The van der Waals surface area contributed by atoms with Crippen molar-refractivity contribution in [1.29, 1.82) is 0 Å². The number of aliphatic carboxylic acids is 3. The van der Waals surface area contributed by atoms with E-state index in [1.165, 1.54) is 0 Å². The molecule has 0 bridgehead atoms. The minimum Gasteiger partial charge on any atom is -0.508 e. The Morgan fingerprint density at radius 2 is 1.08 bits per heavy atom. The van der Waals surface area contributed by atoms with E-state index in [-0.39, 0.29) is 162 Å². The lowest BCUT2D eigenvalue weighted by atomic mass is 10.0. The number of carboxylic acid groups (broad SMARTS) is 3. The number of nitrogens with one attached hydrogen (secondary N) is 9. The third kappa shape index (κ3) is 30.0. The van der Waals surface area contributed by atoms with Crippen LogP contribution < -0.4 is 64.1 Å². The van der Waals surface area contributed by atoms with Crippen LogP contribution in [-0.4, -0.2) is 270 Å².